The summed E-state index contributed by atoms with van der Waals surface area (Å²) in [6, 6.07) is 8.29. The summed E-state index contributed by atoms with van der Waals surface area (Å²) in [5, 5.41) is 13.7. The van der Waals surface area contributed by atoms with Gasteiger partial charge in [-0.05, 0) is 19.4 Å². The molecule has 1 aliphatic heterocycles. The molecular weight excluding hydrogens is 553 g/mol. The molecule has 10 nitrogen and oxygen atoms in total. The third kappa shape index (κ3) is 10.9. The normalized spacial score (nSPS) is 24.6. The van der Waals surface area contributed by atoms with Gasteiger partial charge in [0, 0.05) is 0 Å². The maximum atomic E-state index is 12.5. The molecule has 1 saturated heterocycles. The van der Waals surface area contributed by atoms with Gasteiger partial charge < -0.3 is 38.8 Å². The van der Waals surface area contributed by atoms with Crippen LogP contribution >= 0.6 is 34.8 Å². The molecule has 0 aliphatic carbocycles. The highest BCUT2D eigenvalue weighted by Crippen LogP contribution is 2.28. The Labute approximate surface area is 231 Å². The standard InChI is InChI=1S/C24H32Cl3NO9/c1-4-11-34-22-18(28-23(31)35-14-24(25,26)27)20(36-15(3)21(30)33-5-2)19(29)17(37-22)13-32-12-16-9-7-6-8-10-16/h4,6-10,15,17-20,22,29H,1,5,11-14H2,2-3H3,(H,28,31)/t15?,17?,18?,19-,20-,22-/m1/s1. The number of carbonyl (C=O) groups excluding carboxylic acids is 2. The van der Waals surface area contributed by atoms with Crippen LogP contribution in [0.25, 0.3) is 0 Å². The summed E-state index contributed by atoms with van der Waals surface area (Å²) in [7, 11) is 0. The molecule has 1 amide bonds. The zero-order valence-corrected chi connectivity index (χ0v) is 22.8. The third-order valence-corrected chi connectivity index (χ3v) is 5.40. The largest absolute Gasteiger partial charge is 0.464 e. The van der Waals surface area contributed by atoms with Crippen LogP contribution in [0.15, 0.2) is 43.0 Å². The van der Waals surface area contributed by atoms with Gasteiger partial charge in [-0.25, -0.2) is 9.59 Å². The molecule has 0 radical (unpaired) electrons. The number of aliphatic hydroxyl groups excluding tert-OH is 1. The van der Waals surface area contributed by atoms with Crippen LogP contribution in [0.5, 0.6) is 0 Å². The summed E-state index contributed by atoms with van der Waals surface area (Å²) in [6.45, 7) is 6.58. The number of aliphatic hydroxyl groups is 1. The van der Waals surface area contributed by atoms with E-state index in [9.17, 15) is 14.7 Å². The zero-order chi connectivity index (χ0) is 27.4. The lowest BCUT2D eigenvalue weighted by Gasteiger charge is -2.44. The summed E-state index contributed by atoms with van der Waals surface area (Å²) in [5.41, 5.74) is 0.923. The van der Waals surface area contributed by atoms with Crippen molar-refractivity contribution in [1.29, 1.82) is 0 Å². The van der Waals surface area contributed by atoms with Crippen LogP contribution in [-0.4, -0.2) is 84.1 Å². The quantitative estimate of drug-likeness (QED) is 0.204. The predicted molar refractivity (Wildman–Crippen MR) is 136 cm³/mol. The molecule has 13 heteroatoms. The van der Waals surface area contributed by atoms with Crippen molar-refractivity contribution in [1.82, 2.24) is 5.32 Å². The van der Waals surface area contributed by atoms with Crippen LogP contribution < -0.4 is 5.32 Å². The minimum absolute atomic E-state index is 0.0396. The van der Waals surface area contributed by atoms with Gasteiger partial charge in [0.2, 0.25) is 3.79 Å². The zero-order valence-electron chi connectivity index (χ0n) is 20.5. The highest BCUT2D eigenvalue weighted by molar-refractivity contribution is 6.67. The van der Waals surface area contributed by atoms with Crippen molar-refractivity contribution < 1.29 is 43.1 Å². The monoisotopic (exact) mass is 583 g/mol. The van der Waals surface area contributed by atoms with Gasteiger partial charge >= 0.3 is 12.1 Å². The van der Waals surface area contributed by atoms with Crippen molar-refractivity contribution in [2.24, 2.45) is 0 Å². The van der Waals surface area contributed by atoms with Gasteiger partial charge in [0.05, 0.1) is 26.4 Å². The Bertz CT molecular complexity index is 856. The summed E-state index contributed by atoms with van der Waals surface area (Å²) in [5.74, 6) is -0.654. The molecule has 2 N–H and O–H groups in total. The van der Waals surface area contributed by atoms with Gasteiger partial charge in [-0.15, -0.1) is 6.58 Å². The van der Waals surface area contributed by atoms with E-state index in [0.29, 0.717) is 0 Å². The molecule has 1 fully saturated rings. The van der Waals surface area contributed by atoms with Crippen LogP contribution in [0.4, 0.5) is 4.79 Å². The first-order valence-electron chi connectivity index (χ1n) is 11.6. The van der Waals surface area contributed by atoms with E-state index in [1.54, 1.807) is 6.92 Å². The first-order valence-corrected chi connectivity index (χ1v) is 12.7. The van der Waals surface area contributed by atoms with Gasteiger partial charge in [-0.3, -0.25) is 0 Å². The lowest BCUT2D eigenvalue weighted by Crippen LogP contribution is -2.66. The highest BCUT2D eigenvalue weighted by atomic mass is 35.6. The van der Waals surface area contributed by atoms with E-state index in [0.717, 1.165) is 5.56 Å². The molecule has 0 saturated carbocycles. The fourth-order valence-electron chi connectivity index (χ4n) is 3.42. The number of amides is 1. The maximum Gasteiger partial charge on any atom is 0.407 e. The molecule has 3 unspecified atom stereocenters. The van der Waals surface area contributed by atoms with E-state index in [4.69, 9.17) is 63.2 Å². The smallest absolute Gasteiger partial charge is 0.407 e. The van der Waals surface area contributed by atoms with E-state index in [1.807, 2.05) is 30.3 Å². The van der Waals surface area contributed by atoms with E-state index in [2.05, 4.69) is 11.9 Å². The second-order valence-electron chi connectivity index (χ2n) is 8.01. The van der Waals surface area contributed by atoms with Crippen LogP contribution in [0.3, 0.4) is 0 Å². The maximum absolute atomic E-state index is 12.5. The summed E-state index contributed by atoms with van der Waals surface area (Å²) in [6.07, 6.45) is -5.24. The van der Waals surface area contributed by atoms with Crippen molar-refractivity contribution >= 4 is 46.9 Å². The lowest BCUT2D eigenvalue weighted by atomic mass is 9.96. The number of esters is 1. The Morgan fingerprint density at radius 2 is 1.95 bits per heavy atom. The summed E-state index contributed by atoms with van der Waals surface area (Å²) >= 11 is 16.9. The molecule has 0 bridgehead atoms. The van der Waals surface area contributed by atoms with Gasteiger partial charge in [-0.1, -0.05) is 71.2 Å². The molecule has 208 valence electrons. The molecule has 6 atom stereocenters. The van der Waals surface area contributed by atoms with Gasteiger partial charge in [0.1, 0.15) is 31.0 Å². The molecule has 1 aliphatic rings. The van der Waals surface area contributed by atoms with Crippen molar-refractivity contribution in [3.8, 4) is 0 Å². The van der Waals surface area contributed by atoms with Crippen molar-refractivity contribution in [3.05, 3.63) is 48.6 Å². The minimum atomic E-state index is -1.84. The predicted octanol–water partition coefficient (Wildman–Crippen LogP) is 3.29. The average molecular weight is 585 g/mol. The SMILES string of the molecule is C=CCO[C@@H]1OC(COCc2ccccc2)[C@@H](O)[C@H](OC(C)C(=O)OCC)C1NC(=O)OCC(Cl)(Cl)Cl. The Kier molecular flexibility index (Phi) is 13.4. The Morgan fingerprint density at radius 3 is 2.57 bits per heavy atom. The van der Waals surface area contributed by atoms with Crippen molar-refractivity contribution in [2.45, 2.75) is 61.0 Å². The molecule has 0 aromatic heterocycles. The number of hydrogen-bond donors (Lipinski definition) is 2. The summed E-state index contributed by atoms with van der Waals surface area (Å²) < 4.78 is 31.4. The number of nitrogens with one attached hydrogen (secondary N) is 1. The molecule has 1 aromatic rings. The number of hydrogen-bond acceptors (Lipinski definition) is 9. The highest BCUT2D eigenvalue weighted by Gasteiger charge is 2.49. The molecule has 1 heterocycles. The minimum Gasteiger partial charge on any atom is -0.464 e. The number of rotatable bonds is 13. The number of alkyl halides is 3. The van der Waals surface area contributed by atoms with E-state index in [-0.39, 0.29) is 26.4 Å². The molecule has 2 rings (SSSR count). The number of benzene rings is 1. The fourth-order valence-corrected chi connectivity index (χ4v) is 3.58. The number of ether oxygens (including phenoxy) is 6. The van der Waals surface area contributed by atoms with E-state index >= 15 is 0 Å². The Hall–Kier alpha value is -1.63. The lowest BCUT2D eigenvalue weighted by molar-refractivity contribution is -0.281. The summed E-state index contributed by atoms with van der Waals surface area (Å²) in [4.78, 5) is 24.7. The van der Waals surface area contributed by atoms with Crippen LogP contribution in [-0.2, 0) is 39.8 Å². The van der Waals surface area contributed by atoms with Gasteiger partial charge in [0.25, 0.3) is 0 Å². The number of halogens is 3. The Balaban J connectivity index is 2.22. The molecule has 0 spiro atoms. The first kappa shape index (κ1) is 31.6. The van der Waals surface area contributed by atoms with Crippen molar-refractivity contribution in [3.63, 3.8) is 0 Å². The third-order valence-electron chi connectivity index (χ3n) is 5.08. The average Bonchev–Trinajstić information content (AvgIpc) is 2.85. The van der Waals surface area contributed by atoms with E-state index < -0.39 is 59.2 Å². The molecular formula is C24H32Cl3NO9. The van der Waals surface area contributed by atoms with Gasteiger partial charge in [0.15, 0.2) is 12.4 Å². The molecule has 1 aromatic carbocycles. The topological polar surface area (TPSA) is 122 Å². The number of carbonyl (C=O) groups is 2. The van der Waals surface area contributed by atoms with E-state index in [1.165, 1.54) is 13.0 Å². The van der Waals surface area contributed by atoms with Crippen LogP contribution in [0, 0.1) is 0 Å². The Morgan fingerprint density at radius 1 is 1.24 bits per heavy atom. The molecule has 37 heavy (non-hydrogen) atoms. The second-order valence-corrected chi connectivity index (χ2v) is 10.5. The van der Waals surface area contributed by atoms with Gasteiger partial charge in [-0.2, -0.15) is 0 Å². The van der Waals surface area contributed by atoms with Crippen LogP contribution in [0.1, 0.15) is 19.4 Å². The van der Waals surface area contributed by atoms with Crippen LogP contribution in [0.2, 0.25) is 0 Å². The number of alkyl carbamates (subject to hydrolysis) is 1. The second kappa shape index (κ2) is 15.7. The van der Waals surface area contributed by atoms with Crippen molar-refractivity contribution in [2.75, 3.05) is 26.4 Å². The first-order chi connectivity index (χ1) is 17.6. The fraction of sp³-hybridized carbons (Fsp3) is 0.583.